The molecule has 0 bridgehead atoms. The van der Waals surface area contributed by atoms with Gasteiger partial charge in [-0.25, -0.2) is 0 Å². The number of thioether (sulfide) groups is 1. The van der Waals surface area contributed by atoms with Crippen molar-refractivity contribution in [3.05, 3.63) is 65.2 Å². The van der Waals surface area contributed by atoms with E-state index in [1.807, 2.05) is 31.2 Å². The minimum atomic E-state index is -0.626. The molecular weight excluding hydrogens is 378 g/mol. The van der Waals surface area contributed by atoms with Gasteiger partial charge >= 0.3 is 0 Å². The standard InChI is InChI=1S/C20H21N3O2S2/c1-13-7-9-16(10-8-13)12-26-20-23-22-19(27-20)21-18(24)15(3)25-17-6-4-5-14(2)11-17/h4-11,15H,12H2,1-3H3,(H,21,22,24)/t15-/m0/s1. The fourth-order valence-electron chi connectivity index (χ4n) is 2.30. The van der Waals surface area contributed by atoms with Gasteiger partial charge in [0, 0.05) is 5.75 Å². The zero-order valence-electron chi connectivity index (χ0n) is 15.4. The van der Waals surface area contributed by atoms with E-state index in [9.17, 15) is 4.79 Å². The Kier molecular flexibility index (Phi) is 6.47. The second-order valence-electron chi connectivity index (χ2n) is 6.21. The molecule has 1 aromatic heterocycles. The highest BCUT2D eigenvalue weighted by Crippen LogP contribution is 2.28. The normalized spacial score (nSPS) is 11.8. The largest absolute Gasteiger partial charge is 0.481 e. The van der Waals surface area contributed by atoms with Crippen LogP contribution in [0.15, 0.2) is 52.9 Å². The maximum Gasteiger partial charge on any atom is 0.266 e. The summed E-state index contributed by atoms with van der Waals surface area (Å²) in [7, 11) is 0. The molecule has 1 atom stereocenters. The van der Waals surface area contributed by atoms with E-state index in [0.717, 1.165) is 15.7 Å². The molecule has 27 heavy (non-hydrogen) atoms. The number of anilines is 1. The van der Waals surface area contributed by atoms with Crippen molar-refractivity contribution >= 4 is 34.1 Å². The molecule has 0 aliphatic rings. The van der Waals surface area contributed by atoms with E-state index < -0.39 is 6.10 Å². The molecule has 1 amide bonds. The van der Waals surface area contributed by atoms with Gasteiger partial charge in [0.1, 0.15) is 5.75 Å². The minimum Gasteiger partial charge on any atom is -0.481 e. The highest BCUT2D eigenvalue weighted by Gasteiger charge is 2.17. The van der Waals surface area contributed by atoms with Crippen molar-refractivity contribution in [3.63, 3.8) is 0 Å². The summed E-state index contributed by atoms with van der Waals surface area (Å²) in [5.41, 5.74) is 3.55. The van der Waals surface area contributed by atoms with Crippen LogP contribution in [0.3, 0.4) is 0 Å². The zero-order chi connectivity index (χ0) is 19.2. The van der Waals surface area contributed by atoms with Crippen LogP contribution >= 0.6 is 23.1 Å². The monoisotopic (exact) mass is 399 g/mol. The molecule has 0 aliphatic carbocycles. The summed E-state index contributed by atoms with van der Waals surface area (Å²) < 4.78 is 6.51. The molecule has 140 valence electrons. The maximum absolute atomic E-state index is 12.3. The minimum absolute atomic E-state index is 0.247. The van der Waals surface area contributed by atoms with Crippen LogP contribution in [0.1, 0.15) is 23.6 Å². The van der Waals surface area contributed by atoms with Crippen LogP contribution in [0, 0.1) is 13.8 Å². The number of aryl methyl sites for hydroxylation is 2. The average molecular weight is 400 g/mol. The number of carbonyl (C=O) groups is 1. The lowest BCUT2D eigenvalue weighted by molar-refractivity contribution is -0.122. The van der Waals surface area contributed by atoms with Crippen LogP contribution in [0.5, 0.6) is 5.75 Å². The van der Waals surface area contributed by atoms with Gasteiger partial charge < -0.3 is 4.74 Å². The third kappa shape index (κ3) is 5.80. The summed E-state index contributed by atoms with van der Waals surface area (Å²) in [6.45, 7) is 5.76. The predicted molar refractivity (Wildman–Crippen MR) is 111 cm³/mol. The van der Waals surface area contributed by atoms with E-state index in [0.29, 0.717) is 10.9 Å². The van der Waals surface area contributed by atoms with Crippen molar-refractivity contribution in [2.24, 2.45) is 0 Å². The summed E-state index contributed by atoms with van der Waals surface area (Å²) >= 11 is 2.97. The van der Waals surface area contributed by atoms with Crippen LogP contribution in [0.25, 0.3) is 0 Å². The highest BCUT2D eigenvalue weighted by atomic mass is 32.2. The molecule has 0 unspecified atom stereocenters. The number of hydrogen-bond donors (Lipinski definition) is 1. The van der Waals surface area contributed by atoms with Crippen LogP contribution in [-0.4, -0.2) is 22.2 Å². The number of amides is 1. The Morgan fingerprint density at radius 3 is 2.67 bits per heavy atom. The second kappa shape index (κ2) is 9.01. The van der Waals surface area contributed by atoms with Crippen LogP contribution < -0.4 is 10.1 Å². The average Bonchev–Trinajstić information content (AvgIpc) is 3.08. The van der Waals surface area contributed by atoms with Crippen molar-refractivity contribution in [2.45, 2.75) is 37.0 Å². The van der Waals surface area contributed by atoms with Gasteiger partial charge in [-0.05, 0) is 44.0 Å². The van der Waals surface area contributed by atoms with Crippen LogP contribution in [0.4, 0.5) is 5.13 Å². The van der Waals surface area contributed by atoms with Gasteiger partial charge in [0.2, 0.25) is 5.13 Å². The quantitative estimate of drug-likeness (QED) is 0.454. The van der Waals surface area contributed by atoms with E-state index in [1.165, 1.54) is 22.5 Å². The first-order chi connectivity index (χ1) is 13.0. The number of rotatable bonds is 7. The number of nitrogens with one attached hydrogen (secondary N) is 1. The fourth-order valence-corrected chi connectivity index (χ4v) is 4.01. The van der Waals surface area contributed by atoms with E-state index in [4.69, 9.17) is 4.74 Å². The first-order valence-corrected chi connectivity index (χ1v) is 10.4. The second-order valence-corrected chi connectivity index (χ2v) is 8.41. The Morgan fingerprint density at radius 2 is 1.93 bits per heavy atom. The smallest absolute Gasteiger partial charge is 0.266 e. The van der Waals surface area contributed by atoms with Crippen molar-refractivity contribution in [1.29, 1.82) is 0 Å². The number of benzene rings is 2. The highest BCUT2D eigenvalue weighted by molar-refractivity contribution is 8.00. The Hall–Kier alpha value is -2.38. The lowest BCUT2D eigenvalue weighted by Gasteiger charge is -2.13. The molecule has 1 heterocycles. The van der Waals surface area contributed by atoms with Crippen molar-refractivity contribution in [1.82, 2.24) is 10.2 Å². The summed E-state index contributed by atoms with van der Waals surface area (Å²) in [5.74, 6) is 1.24. The molecule has 0 aliphatic heterocycles. The van der Waals surface area contributed by atoms with E-state index >= 15 is 0 Å². The topological polar surface area (TPSA) is 64.1 Å². The van der Waals surface area contributed by atoms with E-state index in [-0.39, 0.29) is 5.91 Å². The zero-order valence-corrected chi connectivity index (χ0v) is 17.1. The summed E-state index contributed by atoms with van der Waals surface area (Å²) in [5, 5.41) is 11.4. The molecule has 0 saturated carbocycles. The number of carbonyl (C=O) groups excluding carboxylic acids is 1. The molecule has 0 spiro atoms. The van der Waals surface area contributed by atoms with Gasteiger partial charge in [-0.15, -0.1) is 10.2 Å². The third-order valence-corrected chi connectivity index (χ3v) is 5.83. The Morgan fingerprint density at radius 1 is 1.15 bits per heavy atom. The van der Waals surface area contributed by atoms with Crippen molar-refractivity contribution in [2.75, 3.05) is 5.32 Å². The van der Waals surface area contributed by atoms with Gasteiger partial charge in [-0.3, -0.25) is 10.1 Å². The van der Waals surface area contributed by atoms with Gasteiger partial charge in [0.05, 0.1) is 0 Å². The molecule has 3 aromatic rings. The lowest BCUT2D eigenvalue weighted by atomic mass is 10.2. The van der Waals surface area contributed by atoms with Gasteiger partial charge in [-0.2, -0.15) is 0 Å². The molecule has 5 nitrogen and oxygen atoms in total. The van der Waals surface area contributed by atoms with Gasteiger partial charge in [-0.1, -0.05) is 65.1 Å². The molecule has 0 saturated heterocycles. The Bertz CT molecular complexity index is 910. The molecule has 0 radical (unpaired) electrons. The molecule has 3 rings (SSSR count). The Labute approximate surface area is 167 Å². The SMILES string of the molecule is Cc1ccc(CSc2nnc(NC(=O)[C@H](C)Oc3cccc(C)c3)s2)cc1. The number of hydrogen-bond acceptors (Lipinski definition) is 6. The fraction of sp³-hybridized carbons (Fsp3) is 0.250. The molecule has 7 heteroatoms. The molecular formula is C20H21N3O2S2. The summed E-state index contributed by atoms with van der Waals surface area (Å²) in [4.78, 5) is 12.3. The van der Waals surface area contributed by atoms with Gasteiger partial charge in [0.15, 0.2) is 10.4 Å². The Balaban J connectivity index is 1.51. The molecule has 2 aromatic carbocycles. The molecule has 1 N–H and O–H groups in total. The van der Waals surface area contributed by atoms with E-state index in [1.54, 1.807) is 18.7 Å². The number of ether oxygens (including phenoxy) is 1. The lowest BCUT2D eigenvalue weighted by Crippen LogP contribution is -2.30. The van der Waals surface area contributed by atoms with E-state index in [2.05, 4.69) is 46.7 Å². The first-order valence-electron chi connectivity index (χ1n) is 8.55. The summed E-state index contributed by atoms with van der Waals surface area (Å²) in [6.07, 6.45) is -0.626. The molecule has 0 fully saturated rings. The van der Waals surface area contributed by atoms with Crippen molar-refractivity contribution < 1.29 is 9.53 Å². The van der Waals surface area contributed by atoms with Crippen molar-refractivity contribution in [3.8, 4) is 5.75 Å². The summed E-state index contributed by atoms with van der Waals surface area (Å²) in [6, 6.07) is 16.0. The number of nitrogens with zero attached hydrogens (tertiary/aromatic N) is 2. The van der Waals surface area contributed by atoms with Crippen LogP contribution in [-0.2, 0) is 10.5 Å². The van der Waals surface area contributed by atoms with Crippen LogP contribution in [0.2, 0.25) is 0 Å². The maximum atomic E-state index is 12.3. The van der Waals surface area contributed by atoms with Gasteiger partial charge in [0.25, 0.3) is 5.91 Å². The number of aromatic nitrogens is 2. The predicted octanol–water partition coefficient (Wildman–Crippen LogP) is 4.85. The first kappa shape index (κ1) is 19.4. The third-order valence-electron chi connectivity index (χ3n) is 3.79.